The van der Waals surface area contributed by atoms with E-state index in [1.807, 2.05) is 36.4 Å². The van der Waals surface area contributed by atoms with Gasteiger partial charge in [0.05, 0.1) is 12.4 Å². The molecule has 0 aromatic carbocycles. The van der Waals surface area contributed by atoms with Gasteiger partial charge in [-0.1, -0.05) is 12.1 Å². The Hall–Kier alpha value is -2.98. The van der Waals surface area contributed by atoms with E-state index in [-0.39, 0.29) is 0 Å². The molecule has 0 fully saturated rings. The molecule has 0 saturated heterocycles. The molecule has 0 amide bonds. The van der Waals surface area contributed by atoms with Crippen LogP contribution in [0.5, 0.6) is 0 Å². The maximum absolute atomic E-state index is 4.48. The first-order chi connectivity index (χ1) is 12.9. The maximum atomic E-state index is 4.48. The largest absolute Gasteiger partial charge is 0.249 e. The molecule has 126 valence electrons. The smallest absolute Gasteiger partial charge is 0.215 e. The Balaban J connectivity index is 1.57. The fraction of sp³-hybridized carbons (Fsp3) is 0. The highest BCUT2D eigenvalue weighted by atomic mass is 32.2. The average molecular weight is 378 g/mol. The molecular formula is C16H10N8S2. The van der Waals surface area contributed by atoms with Crippen LogP contribution in [0, 0.1) is 0 Å². The standard InChI is InChI=1S/C16H10N8S2/c1-3-7-17-13(5-1)25-15-21-11(9-19-23-15)12-10-20-24-16(22-12)26-14-6-2-4-8-18-14/h1-10H. The summed E-state index contributed by atoms with van der Waals surface area (Å²) in [6.45, 7) is 0. The fourth-order valence-electron chi connectivity index (χ4n) is 1.91. The van der Waals surface area contributed by atoms with Crippen molar-refractivity contribution < 1.29 is 0 Å². The van der Waals surface area contributed by atoms with Gasteiger partial charge in [-0.05, 0) is 47.8 Å². The molecule has 26 heavy (non-hydrogen) atoms. The summed E-state index contributed by atoms with van der Waals surface area (Å²) in [5.74, 6) is 0. The van der Waals surface area contributed by atoms with Gasteiger partial charge in [0, 0.05) is 12.4 Å². The van der Waals surface area contributed by atoms with Gasteiger partial charge in [-0.2, -0.15) is 10.2 Å². The van der Waals surface area contributed by atoms with E-state index in [0.29, 0.717) is 21.7 Å². The van der Waals surface area contributed by atoms with Crippen LogP contribution in [0.1, 0.15) is 0 Å². The molecule has 0 radical (unpaired) electrons. The van der Waals surface area contributed by atoms with Gasteiger partial charge in [0.2, 0.25) is 10.3 Å². The molecule has 0 unspecified atom stereocenters. The second-order valence-electron chi connectivity index (χ2n) is 4.79. The molecule has 0 aliphatic carbocycles. The zero-order chi connectivity index (χ0) is 17.6. The molecule has 0 aliphatic rings. The summed E-state index contributed by atoms with van der Waals surface area (Å²) in [5, 5.41) is 18.6. The monoisotopic (exact) mass is 378 g/mol. The van der Waals surface area contributed by atoms with Gasteiger partial charge in [-0.3, -0.25) is 0 Å². The van der Waals surface area contributed by atoms with Gasteiger partial charge in [0.25, 0.3) is 0 Å². The van der Waals surface area contributed by atoms with Crippen molar-refractivity contribution in [2.45, 2.75) is 20.4 Å². The lowest BCUT2D eigenvalue weighted by atomic mass is 10.3. The number of nitrogens with zero attached hydrogens (tertiary/aromatic N) is 8. The van der Waals surface area contributed by atoms with E-state index in [2.05, 4.69) is 40.3 Å². The highest BCUT2D eigenvalue weighted by molar-refractivity contribution is 7.99. The lowest BCUT2D eigenvalue weighted by Gasteiger charge is -2.03. The van der Waals surface area contributed by atoms with Gasteiger partial charge in [0.1, 0.15) is 21.4 Å². The minimum atomic E-state index is 0.485. The number of hydrogen-bond acceptors (Lipinski definition) is 10. The van der Waals surface area contributed by atoms with Crippen LogP contribution in [0.4, 0.5) is 0 Å². The van der Waals surface area contributed by atoms with Crippen LogP contribution in [-0.2, 0) is 0 Å². The predicted octanol–water partition coefficient (Wildman–Crippen LogP) is 2.82. The van der Waals surface area contributed by atoms with Crippen LogP contribution in [-0.4, -0.2) is 40.3 Å². The third kappa shape index (κ3) is 4.16. The molecule has 4 aromatic heterocycles. The summed E-state index contributed by atoms with van der Waals surface area (Å²) >= 11 is 2.66. The lowest BCUT2D eigenvalue weighted by molar-refractivity contribution is 0.814. The van der Waals surface area contributed by atoms with E-state index in [4.69, 9.17) is 0 Å². The van der Waals surface area contributed by atoms with Crippen molar-refractivity contribution in [2.24, 2.45) is 0 Å². The number of aromatic nitrogens is 8. The quantitative estimate of drug-likeness (QED) is 0.515. The minimum Gasteiger partial charge on any atom is -0.249 e. The third-order valence-electron chi connectivity index (χ3n) is 3.01. The second-order valence-corrected chi connectivity index (χ2v) is 6.76. The topological polar surface area (TPSA) is 103 Å². The molecule has 4 aromatic rings. The van der Waals surface area contributed by atoms with E-state index in [9.17, 15) is 0 Å². The number of hydrogen-bond donors (Lipinski definition) is 0. The van der Waals surface area contributed by atoms with Gasteiger partial charge < -0.3 is 0 Å². The zero-order valence-electron chi connectivity index (χ0n) is 13.2. The lowest BCUT2D eigenvalue weighted by Crippen LogP contribution is -1.98. The second kappa shape index (κ2) is 7.93. The normalized spacial score (nSPS) is 10.6. The van der Waals surface area contributed by atoms with Gasteiger partial charge in [-0.15, -0.1) is 10.2 Å². The first-order valence-electron chi connectivity index (χ1n) is 7.44. The van der Waals surface area contributed by atoms with Gasteiger partial charge in [-0.25, -0.2) is 19.9 Å². The average Bonchev–Trinajstić information content (AvgIpc) is 2.70. The van der Waals surface area contributed by atoms with Crippen molar-refractivity contribution in [1.29, 1.82) is 0 Å². The van der Waals surface area contributed by atoms with Crippen LogP contribution in [0.3, 0.4) is 0 Å². The molecule has 0 bridgehead atoms. The van der Waals surface area contributed by atoms with E-state index in [1.165, 1.54) is 23.5 Å². The summed E-state index contributed by atoms with van der Waals surface area (Å²) in [6.07, 6.45) is 6.52. The van der Waals surface area contributed by atoms with Gasteiger partial charge >= 0.3 is 0 Å². The van der Waals surface area contributed by atoms with E-state index in [1.54, 1.807) is 24.8 Å². The summed E-state index contributed by atoms with van der Waals surface area (Å²) < 4.78 is 0. The Kier molecular flexibility index (Phi) is 5.03. The zero-order valence-corrected chi connectivity index (χ0v) is 14.8. The van der Waals surface area contributed by atoms with E-state index in [0.717, 1.165) is 10.1 Å². The summed E-state index contributed by atoms with van der Waals surface area (Å²) in [4.78, 5) is 17.4. The minimum absolute atomic E-state index is 0.485. The molecule has 0 aliphatic heterocycles. The molecule has 0 N–H and O–H groups in total. The summed E-state index contributed by atoms with van der Waals surface area (Å²) in [6, 6.07) is 11.3. The van der Waals surface area contributed by atoms with Crippen LogP contribution in [0.25, 0.3) is 11.4 Å². The molecule has 8 nitrogen and oxygen atoms in total. The Bertz CT molecular complexity index is 918. The van der Waals surface area contributed by atoms with Crippen molar-refractivity contribution in [3.63, 3.8) is 0 Å². The SMILES string of the molecule is c1ccc(Sc2nncc(-c3cnnc(Sc4ccccn4)n3)n2)nc1. The highest BCUT2D eigenvalue weighted by Gasteiger charge is 2.10. The molecule has 10 heteroatoms. The van der Waals surface area contributed by atoms with E-state index < -0.39 is 0 Å². The molecule has 0 saturated carbocycles. The summed E-state index contributed by atoms with van der Waals surface area (Å²) in [7, 11) is 0. The van der Waals surface area contributed by atoms with E-state index >= 15 is 0 Å². The van der Waals surface area contributed by atoms with Crippen molar-refractivity contribution in [3.8, 4) is 11.4 Å². The van der Waals surface area contributed by atoms with Crippen LogP contribution >= 0.6 is 23.5 Å². The molecule has 4 rings (SSSR count). The number of pyridine rings is 2. The van der Waals surface area contributed by atoms with Crippen molar-refractivity contribution >= 4 is 23.5 Å². The van der Waals surface area contributed by atoms with Gasteiger partial charge in [0.15, 0.2) is 0 Å². The summed E-state index contributed by atoms with van der Waals surface area (Å²) in [5.41, 5.74) is 1.13. The first kappa shape index (κ1) is 16.5. The number of rotatable bonds is 5. The predicted molar refractivity (Wildman–Crippen MR) is 95.4 cm³/mol. The fourth-order valence-corrected chi connectivity index (χ4v) is 3.27. The molecule has 0 spiro atoms. The van der Waals surface area contributed by atoms with Crippen LogP contribution in [0.15, 0.2) is 81.6 Å². The third-order valence-corrected chi connectivity index (χ3v) is 4.62. The molecular weight excluding hydrogens is 368 g/mol. The van der Waals surface area contributed by atoms with Crippen LogP contribution < -0.4 is 0 Å². The molecule has 4 heterocycles. The highest BCUT2D eigenvalue weighted by Crippen LogP contribution is 2.25. The van der Waals surface area contributed by atoms with Crippen molar-refractivity contribution in [3.05, 3.63) is 61.2 Å². The Morgan fingerprint density at radius 2 is 1.12 bits per heavy atom. The Morgan fingerprint density at radius 3 is 1.54 bits per heavy atom. The van der Waals surface area contributed by atoms with Crippen LogP contribution in [0.2, 0.25) is 0 Å². The molecule has 0 atom stereocenters. The van der Waals surface area contributed by atoms with Crippen molar-refractivity contribution in [2.75, 3.05) is 0 Å². The van der Waals surface area contributed by atoms with Crippen molar-refractivity contribution in [1.82, 2.24) is 40.3 Å². The maximum Gasteiger partial charge on any atom is 0.215 e. The Labute approximate surface area is 157 Å². The Morgan fingerprint density at radius 1 is 0.615 bits per heavy atom. The first-order valence-corrected chi connectivity index (χ1v) is 9.08.